The lowest BCUT2D eigenvalue weighted by Crippen LogP contribution is -2.34. The van der Waals surface area contributed by atoms with Crippen molar-refractivity contribution in [3.05, 3.63) is 67.6 Å². The molecule has 0 radical (unpaired) electrons. The van der Waals surface area contributed by atoms with Gasteiger partial charge in [-0.05, 0) is 54.9 Å². The smallest absolute Gasteiger partial charge is 0.326 e. The van der Waals surface area contributed by atoms with Gasteiger partial charge in [-0.1, -0.05) is 23.7 Å². The number of carbonyl (C=O) groups excluding carboxylic acids is 3. The Morgan fingerprint density at radius 3 is 2.63 bits per heavy atom. The lowest BCUT2D eigenvalue weighted by atomic mass is 10.1. The van der Waals surface area contributed by atoms with Crippen LogP contribution in [0.25, 0.3) is 6.08 Å². The number of carbonyl (C=O) groups is 3. The number of non-ortho nitro benzene ring substituents is 1. The van der Waals surface area contributed by atoms with Gasteiger partial charge >= 0.3 is 5.97 Å². The average Bonchev–Trinajstić information content (AvgIpc) is 3.06. The largest absolute Gasteiger partial charge is 0.490 e. The second kappa shape index (κ2) is 11.7. The predicted molar refractivity (Wildman–Crippen MR) is 129 cm³/mol. The number of nitro benzene ring substituents is 1. The minimum absolute atomic E-state index is 0.00751. The number of ether oxygens (including phenoxy) is 3. The Balaban J connectivity index is 1.82. The third-order valence-corrected chi connectivity index (χ3v) is 5.79. The van der Waals surface area contributed by atoms with Crippen molar-refractivity contribution in [1.82, 2.24) is 4.90 Å². The Hall–Kier alpha value is -3.57. The molecule has 1 fully saturated rings. The number of amides is 2. The fourth-order valence-corrected chi connectivity index (χ4v) is 4.22. The van der Waals surface area contributed by atoms with E-state index < -0.39 is 28.6 Å². The average molecular weight is 521 g/mol. The van der Waals surface area contributed by atoms with E-state index >= 15 is 0 Å². The molecule has 1 saturated heterocycles. The minimum atomic E-state index is -0.678. The molecule has 0 atom stereocenters. The molecule has 10 nitrogen and oxygen atoms in total. The highest BCUT2D eigenvalue weighted by Crippen LogP contribution is 2.39. The van der Waals surface area contributed by atoms with E-state index in [1.807, 2.05) is 0 Å². The van der Waals surface area contributed by atoms with E-state index in [2.05, 4.69) is 0 Å². The fourth-order valence-electron chi connectivity index (χ4n) is 3.11. The topological polar surface area (TPSA) is 125 Å². The van der Waals surface area contributed by atoms with Crippen LogP contribution < -0.4 is 9.47 Å². The predicted octanol–water partition coefficient (Wildman–Crippen LogP) is 4.83. The van der Waals surface area contributed by atoms with E-state index in [-0.39, 0.29) is 34.6 Å². The number of hydrogen-bond donors (Lipinski definition) is 0. The highest BCUT2D eigenvalue weighted by molar-refractivity contribution is 8.18. The number of hydrogen-bond acceptors (Lipinski definition) is 9. The van der Waals surface area contributed by atoms with Crippen LogP contribution in [0, 0.1) is 10.1 Å². The molecule has 0 saturated carbocycles. The summed E-state index contributed by atoms with van der Waals surface area (Å²) in [6.45, 7) is 3.37. The van der Waals surface area contributed by atoms with Crippen molar-refractivity contribution < 1.29 is 33.5 Å². The van der Waals surface area contributed by atoms with Crippen LogP contribution >= 0.6 is 23.4 Å². The van der Waals surface area contributed by atoms with Gasteiger partial charge in [0.1, 0.15) is 13.2 Å². The normalized spacial score (nSPS) is 14.4. The molecule has 0 unspecified atom stereocenters. The SMILES string of the molecule is CCOC(=O)CN1C(=O)S/C(=C/c2cc(Cl)c(OCc3cccc([N+](=O)[O-])c3)c(OCC)c2)C1=O. The standard InChI is InChI=1S/C23H21ClN2O8S/c1-3-32-18-10-15(11-19-22(28)25(23(29)35-19)12-20(27)33-4-2)9-17(24)21(18)34-13-14-6-5-7-16(8-14)26(30)31/h5-11H,3-4,12-13H2,1-2H3/b19-11+. The first-order valence-corrected chi connectivity index (χ1v) is 11.7. The third-order valence-electron chi connectivity index (χ3n) is 4.60. The van der Waals surface area contributed by atoms with Crippen molar-refractivity contribution in [1.29, 1.82) is 0 Å². The Kier molecular flexibility index (Phi) is 8.72. The number of benzene rings is 2. The van der Waals surface area contributed by atoms with Gasteiger partial charge < -0.3 is 14.2 Å². The Bertz CT molecular complexity index is 1200. The van der Waals surface area contributed by atoms with Crippen molar-refractivity contribution >= 4 is 52.2 Å². The van der Waals surface area contributed by atoms with Crippen LogP contribution in [-0.4, -0.2) is 46.7 Å². The first-order valence-electron chi connectivity index (χ1n) is 10.5. The summed E-state index contributed by atoms with van der Waals surface area (Å²) in [5, 5.41) is 10.6. The zero-order valence-electron chi connectivity index (χ0n) is 18.8. The number of nitro groups is 1. The molecule has 2 aromatic carbocycles. The molecule has 1 aliphatic heterocycles. The van der Waals surface area contributed by atoms with Crippen LogP contribution in [0.3, 0.4) is 0 Å². The zero-order chi connectivity index (χ0) is 25.5. The number of imide groups is 1. The second-order valence-electron chi connectivity index (χ2n) is 7.05. The van der Waals surface area contributed by atoms with Crippen molar-refractivity contribution in [2.24, 2.45) is 0 Å². The molecule has 2 amide bonds. The number of thioether (sulfide) groups is 1. The fraction of sp³-hybridized carbons (Fsp3) is 0.261. The van der Waals surface area contributed by atoms with Gasteiger partial charge in [-0.2, -0.15) is 0 Å². The molecule has 0 aromatic heterocycles. The highest BCUT2D eigenvalue weighted by Gasteiger charge is 2.36. The summed E-state index contributed by atoms with van der Waals surface area (Å²) in [6.07, 6.45) is 1.47. The summed E-state index contributed by atoms with van der Waals surface area (Å²) < 4.78 is 16.3. The number of rotatable bonds is 10. The molecule has 1 heterocycles. The molecule has 35 heavy (non-hydrogen) atoms. The van der Waals surface area contributed by atoms with Gasteiger partial charge in [0.15, 0.2) is 11.5 Å². The first kappa shape index (κ1) is 26.0. The van der Waals surface area contributed by atoms with Gasteiger partial charge in [0.2, 0.25) is 0 Å². The lowest BCUT2D eigenvalue weighted by Gasteiger charge is -2.15. The van der Waals surface area contributed by atoms with Crippen molar-refractivity contribution in [2.45, 2.75) is 20.5 Å². The van der Waals surface area contributed by atoms with E-state index in [9.17, 15) is 24.5 Å². The Morgan fingerprint density at radius 2 is 1.94 bits per heavy atom. The summed E-state index contributed by atoms with van der Waals surface area (Å²) in [6, 6.07) is 9.14. The molecule has 2 aromatic rings. The van der Waals surface area contributed by atoms with E-state index in [1.54, 1.807) is 32.0 Å². The maximum Gasteiger partial charge on any atom is 0.326 e. The molecule has 184 valence electrons. The van der Waals surface area contributed by atoms with Gasteiger partial charge in [-0.3, -0.25) is 29.4 Å². The van der Waals surface area contributed by atoms with E-state index in [4.69, 9.17) is 25.8 Å². The lowest BCUT2D eigenvalue weighted by molar-refractivity contribution is -0.384. The number of halogens is 1. The van der Waals surface area contributed by atoms with Crippen LogP contribution in [0.15, 0.2) is 41.3 Å². The molecule has 1 aliphatic rings. The van der Waals surface area contributed by atoms with Gasteiger partial charge in [0.05, 0.1) is 28.1 Å². The van der Waals surface area contributed by atoms with Gasteiger partial charge in [-0.15, -0.1) is 0 Å². The molecule has 0 bridgehead atoms. The maximum absolute atomic E-state index is 12.6. The van der Waals surface area contributed by atoms with E-state index in [1.165, 1.54) is 24.3 Å². The van der Waals surface area contributed by atoms with Gasteiger partial charge in [-0.25, -0.2) is 0 Å². The maximum atomic E-state index is 12.6. The monoisotopic (exact) mass is 520 g/mol. The summed E-state index contributed by atoms with van der Waals surface area (Å²) in [5.41, 5.74) is 0.981. The van der Waals surface area contributed by atoms with Crippen LogP contribution in [-0.2, 0) is 20.9 Å². The molecule has 0 spiro atoms. The zero-order valence-corrected chi connectivity index (χ0v) is 20.4. The highest BCUT2D eigenvalue weighted by atomic mass is 35.5. The molecular formula is C23H21ClN2O8S. The second-order valence-corrected chi connectivity index (χ2v) is 8.45. The molecule has 0 aliphatic carbocycles. The molecular weight excluding hydrogens is 500 g/mol. The summed E-state index contributed by atoms with van der Waals surface area (Å²) in [5.74, 6) is -0.772. The summed E-state index contributed by atoms with van der Waals surface area (Å²) >= 11 is 7.13. The molecule has 3 rings (SSSR count). The van der Waals surface area contributed by atoms with Gasteiger partial charge in [0.25, 0.3) is 16.8 Å². The van der Waals surface area contributed by atoms with Crippen LogP contribution in [0.5, 0.6) is 11.5 Å². The summed E-state index contributed by atoms with van der Waals surface area (Å²) in [7, 11) is 0. The van der Waals surface area contributed by atoms with Gasteiger partial charge in [0, 0.05) is 12.1 Å². The summed E-state index contributed by atoms with van der Waals surface area (Å²) in [4.78, 5) is 48.0. The van der Waals surface area contributed by atoms with Crippen LogP contribution in [0.1, 0.15) is 25.0 Å². The first-order chi connectivity index (χ1) is 16.7. The number of esters is 1. The quantitative estimate of drug-likeness (QED) is 0.187. The van der Waals surface area contributed by atoms with Crippen LogP contribution in [0.4, 0.5) is 10.5 Å². The van der Waals surface area contributed by atoms with Crippen molar-refractivity contribution in [3.8, 4) is 11.5 Å². The number of nitrogens with zero attached hydrogens (tertiary/aromatic N) is 2. The minimum Gasteiger partial charge on any atom is -0.490 e. The van der Waals surface area contributed by atoms with E-state index in [0.29, 0.717) is 35.2 Å². The molecule has 12 heteroatoms. The van der Waals surface area contributed by atoms with Crippen molar-refractivity contribution in [3.63, 3.8) is 0 Å². The third kappa shape index (κ3) is 6.52. The van der Waals surface area contributed by atoms with Crippen molar-refractivity contribution in [2.75, 3.05) is 19.8 Å². The Morgan fingerprint density at radius 1 is 1.17 bits per heavy atom. The van der Waals surface area contributed by atoms with Crippen LogP contribution in [0.2, 0.25) is 5.02 Å². The van der Waals surface area contributed by atoms with E-state index in [0.717, 1.165) is 4.90 Å². The Labute approximate surface area is 209 Å². The molecule has 0 N–H and O–H groups in total.